The number of rotatable bonds is 6. The zero-order valence-corrected chi connectivity index (χ0v) is 19.0. The number of anilines is 1. The topological polar surface area (TPSA) is 92.7 Å². The van der Waals surface area contributed by atoms with Crippen LogP contribution in [0.3, 0.4) is 0 Å². The van der Waals surface area contributed by atoms with E-state index in [9.17, 15) is 19.5 Å². The van der Waals surface area contributed by atoms with Crippen LogP contribution < -0.4 is 5.32 Å². The van der Waals surface area contributed by atoms with Crippen molar-refractivity contribution in [2.75, 3.05) is 11.9 Å². The van der Waals surface area contributed by atoms with Crippen LogP contribution in [0.1, 0.15) is 46.1 Å². The molecule has 31 heavy (non-hydrogen) atoms. The summed E-state index contributed by atoms with van der Waals surface area (Å²) in [5.41, 5.74) is 4.18. The van der Waals surface area contributed by atoms with Gasteiger partial charge in [0.1, 0.15) is 10.6 Å². The highest BCUT2D eigenvalue weighted by molar-refractivity contribution is 7.17. The quantitative estimate of drug-likeness (QED) is 0.479. The molecule has 0 saturated carbocycles. The van der Waals surface area contributed by atoms with E-state index in [1.807, 2.05) is 45.0 Å². The maximum absolute atomic E-state index is 13.0. The molecule has 1 aromatic heterocycles. The number of benzene rings is 1. The number of carboxylic acid groups (broad SMARTS) is 1. The van der Waals surface area contributed by atoms with Crippen molar-refractivity contribution in [1.29, 1.82) is 0 Å². The molecule has 1 aliphatic carbocycles. The minimum Gasteiger partial charge on any atom is -0.481 e. The number of hydrogen-bond acceptors (Lipinski definition) is 5. The number of amides is 1. The normalized spacial score (nSPS) is 17.9. The molecular formula is C24H27NO5S. The molecule has 2 aromatic rings. The number of carbonyl (C=O) groups excluding carboxylic acids is 2. The van der Waals surface area contributed by atoms with Crippen molar-refractivity contribution in [3.63, 3.8) is 0 Å². The van der Waals surface area contributed by atoms with E-state index >= 15 is 0 Å². The predicted molar refractivity (Wildman–Crippen MR) is 122 cm³/mol. The van der Waals surface area contributed by atoms with E-state index in [2.05, 4.69) is 5.32 Å². The number of carbonyl (C=O) groups is 3. The molecular weight excluding hydrogens is 414 g/mol. The lowest BCUT2D eigenvalue weighted by Crippen LogP contribution is -2.34. The number of carboxylic acids is 1. The highest BCUT2D eigenvalue weighted by atomic mass is 32.1. The molecule has 0 bridgehead atoms. The van der Waals surface area contributed by atoms with Gasteiger partial charge in [0, 0.05) is 10.4 Å². The molecule has 0 fully saturated rings. The van der Waals surface area contributed by atoms with Gasteiger partial charge in [0.25, 0.3) is 0 Å². The fourth-order valence-corrected chi connectivity index (χ4v) is 4.92. The molecule has 0 spiro atoms. The van der Waals surface area contributed by atoms with Crippen LogP contribution >= 0.6 is 11.3 Å². The molecule has 3 rings (SSSR count). The SMILES string of the molecule is CCOC(=O)c1c(NC(=O)[C@H]2CC=CC[C@@H]2C(=O)O)sc(C)c1-c1ccc(C)c(C)c1. The lowest BCUT2D eigenvalue weighted by Gasteiger charge is -2.24. The van der Waals surface area contributed by atoms with E-state index in [4.69, 9.17) is 4.74 Å². The number of ether oxygens (including phenoxy) is 1. The minimum atomic E-state index is -0.992. The summed E-state index contributed by atoms with van der Waals surface area (Å²) in [6.07, 6.45) is 4.29. The molecule has 1 aromatic carbocycles. The van der Waals surface area contributed by atoms with Gasteiger partial charge in [-0.3, -0.25) is 9.59 Å². The zero-order chi connectivity index (χ0) is 22.7. The number of aryl methyl sites for hydroxylation is 3. The van der Waals surface area contributed by atoms with Crippen LogP contribution in [0.2, 0.25) is 0 Å². The van der Waals surface area contributed by atoms with Crippen LogP contribution in [0, 0.1) is 32.6 Å². The molecule has 1 aliphatic rings. The second-order valence-corrected chi connectivity index (χ2v) is 8.96. The summed E-state index contributed by atoms with van der Waals surface area (Å²) in [7, 11) is 0. The van der Waals surface area contributed by atoms with Gasteiger partial charge in [-0.15, -0.1) is 11.3 Å². The fourth-order valence-electron chi connectivity index (χ4n) is 3.86. The van der Waals surface area contributed by atoms with E-state index in [1.165, 1.54) is 11.3 Å². The van der Waals surface area contributed by atoms with Crippen molar-refractivity contribution < 1.29 is 24.2 Å². The molecule has 0 saturated heterocycles. The average molecular weight is 442 g/mol. The van der Waals surface area contributed by atoms with Gasteiger partial charge in [-0.2, -0.15) is 0 Å². The van der Waals surface area contributed by atoms with E-state index < -0.39 is 29.7 Å². The molecule has 0 unspecified atom stereocenters. The van der Waals surface area contributed by atoms with Crippen LogP contribution in [-0.4, -0.2) is 29.6 Å². The number of hydrogen-bond donors (Lipinski definition) is 2. The third kappa shape index (κ3) is 4.71. The Balaban J connectivity index is 2.03. The summed E-state index contributed by atoms with van der Waals surface area (Å²) in [5, 5.41) is 12.7. The Labute approximate surface area is 185 Å². The molecule has 2 N–H and O–H groups in total. The summed E-state index contributed by atoms with van der Waals surface area (Å²) in [6.45, 7) is 7.88. The van der Waals surface area contributed by atoms with Crippen LogP contribution in [-0.2, 0) is 14.3 Å². The number of thiophene rings is 1. The number of esters is 1. The Morgan fingerprint density at radius 3 is 2.39 bits per heavy atom. The van der Waals surface area contributed by atoms with E-state index in [1.54, 1.807) is 13.0 Å². The van der Waals surface area contributed by atoms with Gasteiger partial charge in [0.2, 0.25) is 5.91 Å². The van der Waals surface area contributed by atoms with Crippen LogP contribution in [0.4, 0.5) is 5.00 Å². The number of allylic oxidation sites excluding steroid dienone is 2. The predicted octanol–water partition coefficient (Wildman–Crippen LogP) is 5.12. The highest BCUT2D eigenvalue weighted by Crippen LogP contribution is 2.41. The summed E-state index contributed by atoms with van der Waals surface area (Å²) in [6, 6.07) is 5.98. The number of aliphatic carboxylic acids is 1. The lowest BCUT2D eigenvalue weighted by molar-refractivity contribution is -0.146. The second kappa shape index (κ2) is 9.47. The molecule has 6 nitrogen and oxygen atoms in total. The molecule has 0 radical (unpaired) electrons. The molecule has 164 valence electrons. The van der Waals surface area contributed by atoms with Crippen molar-refractivity contribution in [3.8, 4) is 11.1 Å². The molecule has 1 heterocycles. The van der Waals surface area contributed by atoms with Gasteiger partial charge in [0.05, 0.1) is 18.4 Å². The maximum Gasteiger partial charge on any atom is 0.341 e. The summed E-state index contributed by atoms with van der Waals surface area (Å²) in [5.74, 6) is -3.36. The largest absolute Gasteiger partial charge is 0.481 e. The van der Waals surface area contributed by atoms with E-state index in [-0.39, 0.29) is 6.61 Å². The molecule has 0 aliphatic heterocycles. The van der Waals surface area contributed by atoms with Crippen molar-refractivity contribution in [3.05, 3.63) is 51.9 Å². The Hall–Kier alpha value is -2.93. The van der Waals surface area contributed by atoms with E-state index in [0.717, 1.165) is 27.1 Å². The molecule has 2 atom stereocenters. The monoisotopic (exact) mass is 441 g/mol. The average Bonchev–Trinajstić information content (AvgIpc) is 3.05. The van der Waals surface area contributed by atoms with Crippen molar-refractivity contribution in [2.24, 2.45) is 11.8 Å². The first-order chi connectivity index (χ1) is 14.7. The zero-order valence-electron chi connectivity index (χ0n) is 18.2. The van der Waals surface area contributed by atoms with Gasteiger partial charge in [0.15, 0.2) is 0 Å². The maximum atomic E-state index is 13.0. The third-order valence-electron chi connectivity index (χ3n) is 5.68. The first-order valence-corrected chi connectivity index (χ1v) is 11.1. The van der Waals surface area contributed by atoms with Crippen molar-refractivity contribution in [2.45, 2.75) is 40.5 Å². The van der Waals surface area contributed by atoms with Gasteiger partial charge in [-0.05, 0) is 57.2 Å². The summed E-state index contributed by atoms with van der Waals surface area (Å²) >= 11 is 1.30. The molecule has 7 heteroatoms. The Kier molecular flexibility index (Phi) is 6.95. The van der Waals surface area contributed by atoms with Crippen LogP contribution in [0.15, 0.2) is 30.4 Å². The first kappa shape index (κ1) is 22.7. The number of nitrogens with one attached hydrogen (secondary N) is 1. The highest BCUT2D eigenvalue weighted by Gasteiger charge is 2.35. The van der Waals surface area contributed by atoms with Crippen molar-refractivity contribution in [1.82, 2.24) is 0 Å². The van der Waals surface area contributed by atoms with Gasteiger partial charge >= 0.3 is 11.9 Å². The van der Waals surface area contributed by atoms with Crippen LogP contribution in [0.5, 0.6) is 0 Å². The Morgan fingerprint density at radius 2 is 1.77 bits per heavy atom. The smallest absolute Gasteiger partial charge is 0.341 e. The Morgan fingerprint density at radius 1 is 1.10 bits per heavy atom. The summed E-state index contributed by atoms with van der Waals surface area (Å²) in [4.78, 5) is 38.4. The van der Waals surface area contributed by atoms with Gasteiger partial charge in [-0.1, -0.05) is 30.4 Å². The fraction of sp³-hybridized carbons (Fsp3) is 0.375. The van der Waals surface area contributed by atoms with Gasteiger partial charge in [-0.25, -0.2) is 4.79 Å². The second-order valence-electron chi connectivity index (χ2n) is 7.74. The standard InChI is InChI=1S/C24H27NO5S/c1-5-30-24(29)20-19(16-11-10-13(2)14(3)12-16)15(4)31-22(20)25-21(26)17-8-6-7-9-18(17)23(27)28/h6-7,10-12,17-18H,5,8-9H2,1-4H3,(H,25,26)(H,27,28)/t17-,18-/m0/s1. The first-order valence-electron chi connectivity index (χ1n) is 10.3. The molecule has 1 amide bonds. The van der Waals surface area contributed by atoms with Crippen molar-refractivity contribution >= 4 is 34.2 Å². The van der Waals surface area contributed by atoms with E-state index in [0.29, 0.717) is 23.4 Å². The third-order valence-corrected chi connectivity index (χ3v) is 6.70. The Bertz CT molecular complexity index is 1050. The van der Waals surface area contributed by atoms with Crippen LogP contribution in [0.25, 0.3) is 11.1 Å². The van der Waals surface area contributed by atoms with Gasteiger partial charge < -0.3 is 15.2 Å². The lowest BCUT2D eigenvalue weighted by atomic mass is 9.82. The minimum absolute atomic E-state index is 0.210. The summed E-state index contributed by atoms with van der Waals surface area (Å²) < 4.78 is 5.30.